The van der Waals surface area contributed by atoms with Gasteiger partial charge in [-0.3, -0.25) is 9.59 Å². The van der Waals surface area contributed by atoms with Gasteiger partial charge in [0.25, 0.3) is 0 Å². The highest BCUT2D eigenvalue weighted by Gasteiger charge is 2.09. The fraction of sp³-hybridized carbons (Fsp3) is 0.375. The maximum Gasteiger partial charge on any atom is 0.224 e. The van der Waals surface area contributed by atoms with Crippen molar-refractivity contribution in [2.24, 2.45) is 5.92 Å². The maximum atomic E-state index is 11.9. The highest BCUT2D eigenvalue weighted by molar-refractivity contribution is 5.88. The van der Waals surface area contributed by atoms with Crippen LogP contribution in [-0.4, -0.2) is 29.9 Å². The Balaban J connectivity index is 1.79. The topological polar surface area (TPSA) is 74.0 Å². The average Bonchev–Trinajstić information content (AvgIpc) is 2.86. The minimum absolute atomic E-state index is 0.000813. The van der Waals surface area contributed by atoms with E-state index in [9.17, 15) is 9.59 Å². The van der Waals surface area contributed by atoms with Gasteiger partial charge in [-0.15, -0.1) is 0 Å². The second kappa shape index (κ2) is 6.92. The van der Waals surface area contributed by atoms with E-state index < -0.39 is 0 Å². The molecule has 112 valence electrons. The molecular weight excluding hydrogens is 266 g/mol. The van der Waals surface area contributed by atoms with E-state index in [0.717, 1.165) is 16.5 Å². The summed E-state index contributed by atoms with van der Waals surface area (Å²) < 4.78 is 0. The van der Waals surface area contributed by atoms with Crippen molar-refractivity contribution in [2.75, 3.05) is 13.1 Å². The molecule has 5 heteroatoms. The fourth-order valence-corrected chi connectivity index (χ4v) is 2.11. The number of rotatable bonds is 6. The smallest absolute Gasteiger partial charge is 0.224 e. The van der Waals surface area contributed by atoms with Crippen LogP contribution in [0.1, 0.15) is 19.4 Å². The Bertz CT molecular complexity index is 631. The largest absolute Gasteiger partial charge is 0.361 e. The van der Waals surface area contributed by atoms with E-state index in [4.69, 9.17) is 0 Å². The molecule has 0 radical (unpaired) electrons. The van der Waals surface area contributed by atoms with Gasteiger partial charge in [0.15, 0.2) is 0 Å². The zero-order valence-electron chi connectivity index (χ0n) is 12.4. The van der Waals surface area contributed by atoms with E-state index in [1.54, 1.807) is 0 Å². The molecule has 2 rings (SSSR count). The molecule has 0 unspecified atom stereocenters. The number of carbonyl (C=O) groups excluding carboxylic acids is 2. The van der Waals surface area contributed by atoms with Crippen molar-refractivity contribution in [1.29, 1.82) is 0 Å². The number of fused-ring (bicyclic) bond motifs is 1. The highest BCUT2D eigenvalue weighted by Crippen LogP contribution is 2.17. The van der Waals surface area contributed by atoms with Gasteiger partial charge in [0.05, 0.1) is 6.42 Å². The van der Waals surface area contributed by atoms with Crippen molar-refractivity contribution >= 4 is 22.7 Å². The van der Waals surface area contributed by atoms with Gasteiger partial charge < -0.3 is 15.6 Å². The summed E-state index contributed by atoms with van der Waals surface area (Å²) in [6, 6.07) is 7.90. The van der Waals surface area contributed by atoms with Crippen LogP contribution in [0.4, 0.5) is 0 Å². The van der Waals surface area contributed by atoms with Crippen LogP contribution in [0.5, 0.6) is 0 Å². The standard InChI is InChI=1S/C16H21N3O2/c1-11(2)16(21)18-8-7-17-15(20)9-12-10-19-14-6-4-3-5-13(12)14/h3-6,10-11,19H,7-9H2,1-2H3,(H,17,20)(H,18,21). The highest BCUT2D eigenvalue weighted by atomic mass is 16.2. The van der Waals surface area contributed by atoms with Crippen molar-refractivity contribution in [3.63, 3.8) is 0 Å². The first kappa shape index (κ1) is 15.1. The monoisotopic (exact) mass is 287 g/mol. The number of para-hydroxylation sites is 1. The van der Waals surface area contributed by atoms with Crippen LogP contribution in [0.15, 0.2) is 30.5 Å². The molecule has 1 aromatic carbocycles. The van der Waals surface area contributed by atoms with Crippen molar-refractivity contribution in [3.05, 3.63) is 36.0 Å². The summed E-state index contributed by atoms with van der Waals surface area (Å²) in [6.07, 6.45) is 2.20. The Labute approximate surface area is 124 Å². The molecule has 1 heterocycles. The Morgan fingerprint density at radius 3 is 2.62 bits per heavy atom. The molecule has 0 aliphatic heterocycles. The van der Waals surface area contributed by atoms with Gasteiger partial charge in [-0.05, 0) is 11.6 Å². The van der Waals surface area contributed by atoms with Gasteiger partial charge in [-0.2, -0.15) is 0 Å². The molecule has 1 aromatic heterocycles. The molecule has 0 saturated heterocycles. The van der Waals surface area contributed by atoms with Crippen LogP contribution in [-0.2, 0) is 16.0 Å². The molecule has 0 fully saturated rings. The number of aromatic amines is 1. The maximum absolute atomic E-state index is 11.9. The van der Waals surface area contributed by atoms with Gasteiger partial charge in [-0.1, -0.05) is 32.0 Å². The summed E-state index contributed by atoms with van der Waals surface area (Å²) in [7, 11) is 0. The third-order valence-electron chi connectivity index (χ3n) is 3.30. The van der Waals surface area contributed by atoms with Crippen molar-refractivity contribution in [3.8, 4) is 0 Å². The number of hydrogen-bond acceptors (Lipinski definition) is 2. The number of nitrogens with one attached hydrogen (secondary N) is 3. The zero-order valence-corrected chi connectivity index (χ0v) is 12.4. The minimum Gasteiger partial charge on any atom is -0.361 e. The van der Waals surface area contributed by atoms with Crippen LogP contribution in [0.3, 0.4) is 0 Å². The summed E-state index contributed by atoms with van der Waals surface area (Å²) in [5, 5.41) is 6.65. The van der Waals surface area contributed by atoms with Crippen LogP contribution in [0.2, 0.25) is 0 Å². The third-order valence-corrected chi connectivity index (χ3v) is 3.30. The second-order valence-electron chi connectivity index (χ2n) is 5.33. The van der Waals surface area contributed by atoms with E-state index in [0.29, 0.717) is 19.5 Å². The Hall–Kier alpha value is -2.30. The van der Waals surface area contributed by atoms with Gasteiger partial charge in [0, 0.05) is 36.1 Å². The SMILES string of the molecule is CC(C)C(=O)NCCNC(=O)Cc1c[nH]c2ccccc12. The molecule has 21 heavy (non-hydrogen) atoms. The fourth-order valence-electron chi connectivity index (χ4n) is 2.11. The molecule has 0 aliphatic carbocycles. The molecule has 0 aliphatic rings. The summed E-state index contributed by atoms with van der Waals surface area (Å²) in [5.41, 5.74) is 2.01. The second-order valence-corrected chi connectivity index (χ2v) is 5.33. The first-order valence-electron chi connectivity index (χ1n) is 7.17. The van der Waals surface area contributed by atoms with Gasteiger partial charge in [0.1, 0.15) is 0 Å². The lowest BCUT2D eigenvalue weighted by Crippen LogP contribution is -2.36. The van der Waals surface area contributed by atoms with E-state index in [2.05, 4.69) is 15.6 Å². The van der Waals surface area contributed by atoms with Crippen molar-refractivity contribution < 1.29 is 9.59 Å². The molecule has 0 spiro atoms. The Morgan fingerprint density at radius 2 is 1.86 bits per heavy atom. The molecule has 2 aromatic rings. The number of benzene rings is 1. The number of carbonyl (C=O) groups is 2. The van der Waals surface area contributed by atoms with Gasteiger partial charge >= 0.3 is 0 Å². The summed E-state index contributed by atoms with van der Waals surface area (Å²) in [5.74, 6) is -0.0775. The third kappa shape index (κ3) is 4.08. The molecule has 0 saturated carbocycles. The van der Waals surface area contributed by atoms with Crippen LogP contribution >= 0.6 is 0 Å². The molecule has 0 atom stereocenters. The molecular formula is C16H21N3O2. The molecule has 3 N–H and O–H groups in total. The summed E-state index contributed by atoms with van der Waals surface area (Å²) in [4.78, 5) is 26.4. The lowest BCUT2D eigenvalue weighted by Gasteiger charge is -2.08. The quantitative estimate of drug-likeness (QED) is 0.706. The number of hydrogen-bond donors (Lipinski definition) is 3. The summed E-state index contributed by atoms with van der Waals surface area (Å²) >= 11 is 0. The molecule has 2 amide bonds. The normalized spacial score (nSPS) is 10.8. The van der Waals surface area contributed by atoms with Crippen molar-refractivity contribution in [2.45, 2.75) is 20.3 Å². The average molecular weight is 287 g/mol. The first-order valence-corrected chi connectivity index (χ1v) is 7.17. The number of amides is 2. The van der Waals surface area contributed by atoms with E-state index >= 15 is 0 Å². The van der Waals surface area contributed by atoms with Crippen molar-refractivity contribution in [1.82, 2.24) is 15.6 Å². The lowest BCUT2D eigenvalue weighted by molar-refractivity contribution is -0.124. The summed E-state index contributed by atoms with van der Waals surface area (Å²) in [6.45, 7) is 4.58. The van der Waals surface area contributed by atoms with Gasteiger partial charge in [0.2, 0.25) is 11.8 Å². The number of aromatic nitrogens is 1. The molecule has 5 nitrogen and oxygen atoms in total. The van der Waals surface area contributed by atoms with E-state index in [-0.39, 0.29) is 17.7 Å². The Morgan fingerprint density at radius 1 is 1.14 bits per heavy atom. The lowest BCUT2D eigenvalue weighted by atomic mass is 10.1. The predicted molar refractivity (Wildman–Crippen MR) is 82.9 cm³/mol. The number of H-pyrrole nitrogens is 1. The predicted octanol–water partition coefficient (Wildman–Crippen LogP) is 1.60. The first-order chi connectivity index (χ1) is 10.1. The minimum atomic E-state index is -0.0430. The van der Waals surface area contributed by atoms with Crippen LogP contribution in [0, 0.1) is 5.92 Å². The van der Waals surface area contributed by atoms with Crippen LogP contribution < -0.4 is 10.6 Å². The zero-order chi connectivity index (χ0) is 15.2. The van der Waals surface area contributed by atoms with Crippen LogP contribution in [0.25, 0.3) is 10.9 Å². The van der Waals surface area contributed by atoms with E-state index in [1.807, 2.05) is 44.3 Å². The molecule has 0 bridgehead atoms. The van der Waals surface area contributed by atoms with Gasteiger partial charge in [-0.25, -0.2) is 0 Å². The Kier molecular flexibility index (Phi) is 4.98. The van der Waals surface area contributed by atoms with E-state index in [1.165, 1.54) is 0 Å².